The van der Waals surface area contributed by atoms with Gasteiger partial charge < -0.3 is 0 Å². The van der Waals surface area contributed by atoms with Crippen molar-refractivity contribution in [2.75, 3.05) is 0 Å². The lowest BCUT2D eigenvalue weighted by Gasteiger charge is -2.57. The van der Waals surface area contributed by atoms with Gasteiger partial charge in [0.2, 0.25) is 0 Å². The van der Waals surface area contributed by atoms with E-state index in [0.717, 1.165) is 44.1 Å². The predicted octanol–water partition coefficient (Wildman–Crippen LogP) is 10.1. The topological polar surface area (TPSA) is 43.4 Å². The minimum absolute atomic E-state index is 0.0661. The molecule has 7 rings (SSSR count). The van der Waals surface area contributed by atoms with Gasteiger partial charge >= 0.3 is 33.4 Å². The van der Waals surface area contributed by atoms with Crippen LogP contribution in [-0.2, 0) is 19.2 Å². The summed E-state index contributed by atoms with van der Waals surface area (Å²) in [5.74, 6) is -13.2. The molecule has 0 unspecified atom stereocenters. The van der Waals surface area contributed by atoms with Crippen molar-refractivity contribution in [2.45, 2.75) is 81.9 Å². The Balaban J connectivity index is 1.51. The predicted molar refractivity (Wildman–Crippen MR) is 152 cm³/mol. The van der Waals surface area contributed by atoms with Crippen molar-refractivity contribution < 1.29 is 51.6 Å². The fourth-order valence-electron chi connectivity index (χ4n) is 7.91. The Bertz CT molecular complexity index is 1600. The molecule has 0 aliphatic heterocycles. The SMILES string of the molecule is O=S(=O)(OS(c1ccccc1)(c1ccccc1)c1ccc(C23CC4CC(CC(C4)C2)C3)cc1)C(F)(F)C(F)(F)C(F)(F)C(F)(F)F. The van der Waals surface area contributed by atoms with E-state index in [0.29, 0.717) is 17.8 Å². The minimum Gasteiger partial charge on any atom is -0.202 e. The second-order valence-corrected chi connectivity index (χ2v) is 17.1. The van der Waals surface area contributed by atoms with Crippen LogP contribution in [0.2, 0.25) is 0 Å². The monoisotopic (exact) mass is 696 g/mol. The van der Waals surface area contributed by atoms with Gasteiger partial charge in [-0.1, -0.05) is 48.5 Å². The van der Waals surface area contributed by atoms with Crippen LogP contribution in [0.25, 0.3) is 0 Å². The van der Waals surface area contributed by atoms with Gasteiger partial charge in [-0.2, -0.15) is 47.9 Å². The summed E-state index contributed by atoms with van der Waals surface area (Å²) in [6, 6.07) is 20.0. The van der Waals surface area contributed by atoms with Gasteiger partial charge in [0.25, 0.3) is 0 Å². The number of benzene rings is 3. The van der Waals surface area contributed by atoms with Crippen molar-refractivity contribution in [1.82, 2.24) is 0 Å². The summed E-state index contributed by atoms with van der Waals surface area (Å²) in [5, 5.41) is -7.01. The molecule has 0 spiro atoms. The molecule has 46 heavy (non-hydrogen) atoms. The molecule has 0 aromatic heterocycles. The molecule has 3 aromatic carbocycles. The minimum atomic E-state index is -7.43. The van der Waals surface area contributed by atoms with E-state index in [4.69, 9.17) is 3.63 Å². The molecule has 4 aliphatic rings. The standard InChI is InChI=1S/C32H29F9O3S2/c33-29(34,31(37,38)39)30(35,36)32(40,41)46(42,43)44-45(25-7-3-1-4-8-25,26-9-5-2-6-10-26)27-13-11-24(12-14-27)28-18-21-15-22(19-28)17-23(16-21)20-28/h1-14,21-23H,15-20H2. The molecule has 0 atom stereocenters. The molecular weight excluding hydrogens is 667 g/mol. The normalized spacial score (nSPS) is 25.9. The molecule has 4 aliphatic carbocycles. The summed E-state index contributed by atoms with van der Waals surface area (Å²) in [5.41, 5.74) is 0.796. The summed E-state index contributed by atoms with van der Waals surface area (Å²) >= 11 is 0. The first-order valence-electron chi connectivity index (χ1n) is 14.6. The van der Waals surface area contributed by atoms with Crippen LogP contribution in [0.5, 0.6) is 0 Å². The fourth-order valence-corrected chi connectivity index (χ4v) is 13.1. The van der Waals surface area contributed by atoms with Crippen LogP contribution in [0.3, 0.4) is 0 Å². The summed E-state index contributed by atoms with van der Waals surface area (Å²) in [6.45, 7) is 0. The number of hydrogen-bond acceptors (Lipinski definition) is 3. The molecule has 0 heterocycles. The molecule has 4 fully saturated rings. The molecule has 4 saturated carbocycles. The van der Waals surface area contributed by atoms with Crippen molar-refractivity contribution in [2.24, 2.45) is 17.8 Å². The highest BCUT2D eigenvalue weighted by Crippen LogP contribution is 2.72. The molecule has 0 radical (unpaired) electrons. The fraction of sp³-hybridized carbons (Fsp3) is 0.438. The Morgan fingerprint density at radius 3 is 1.35 bits per heavy atom. The Labute approximate surface area is 261 Å². The second kappa shape index (κ2) is 10.9. The van der Waals surface area contributed by atoms with Crippen LogP contribution >= 0.6 is 10.3 Å². The highest BCUT2D eigenvalue weighted by atomic mass is 32.3. The number of halogens is 9. The van der Waals surface area contributed by atoms with Crippen LogP contribution in [0.1, 0.15) is 44.1 Å². The van der Waals surface area contributed by atoms with E-state index < -0.39 is 43.7 Å². The number of rotatable bonds is 9. The molecule has 3 nitrogen and oxygen atoms in total. The molecule has 250 valence electrons. The van der Waals surface area contributed by atoms with Gasteiger partial charge in [-0.3, -0.25) is 0 Å². The van der Waals surface area contributed by atoms with Crippen molar-refractivity contribution in [3.05, 3.63) is 90.5 Å². The van der Waals surface area contributed by atoms with Crippen LogP contribution in [0, 0.1) is 17.8 Å². The molecule has 14 heteroatoms. The van der Waals surface area contributed by atoms with Crippen molar-refractivity contribution in [3.8, 4) is 0 Å². The van der Waals surface area contributed by atoms with Gasteiger partial charge in [0.15, 0.2) is 0 Å². The molecular formula is C32H29F9O3S2. The van der Waals surface area contributed by atoms with Crippen molar-refractivity contribution >= 4 is 20.4 Å². The Morgan fingerprint density at radius 1 is 0.565 bits per heavy atom. The van der Waals surface area contributed by atoms with Gasteiger partial charge in [0, 0.05) is 14.7 Å². The highest BCUT2D eigenvalue weighted by molar-refractivity contribution is 8.33. The first-order valence-corrected chi connectivity index (χ1v) is 17.5. The molecule has 0 N–H and O–H groups in total. The summed E-state index contributed by atoms with van der Waals surface area (Å²) < 4.78 is 157. The summed E-state index contributed by atoms with van der Waals surface area (Å²) in [4.78, 5) is -0.272. The van der Waals surface area contributed by atoms with Gasteiger partial charge in [0.05, 0.1) is 0 Å². The maximum atomic E-state index is 15.1. The molecule has 3 aromatic rings. The van der Waals surface area contributed by atoms with Gasteiger partial charge in [-0.05, 0) is 114 Å². The first kappa shape index (κ1) is 33.2. The van der Waals surface area contributed by atoms with E-state index in [1.165, 1.54) is 72.8 Å². The lowest BCUT2D eigenvalue weighted by Crippen LogP contribution is -2.63. The molecule has 0 saturated heterocycles. The van der Waals surface area contributed by atoms with Crippen LogP contribution in [0.15, 0.2) is 99.6 Å². The van der Waals surface area contributed by atoms with Gasteiger partial charge in [0.1, 0.15) is 0 Å². The number of hydrogen-bond donors (Lipinski definition) is 0. The van der Waals surface area contributed by atoms with E-state index in [-0.39, 0.29) is 20.1 Å². The quantitative estimate of drug-likeness (QED) is 0.209. The van der Waals surface area contributed by atoms with Gasteiger partial charge in [-0.15, -0.1) is 0 Å². The van der Waals surface area contributed by atoms with Crippen LogP contribution < -0.4 is 0 Å². The van der Waals surface area contributed by atoms with E-state index in [9.17, 15) is 39.2 Å². The number of alkyl halides is 9. The highest BCUT2D eigenvalue weighted by Gasteiger charge is 2.86. The third-order valence-corrected chi connectivity index (χ3v) is 14.8. The van der Waals surface area contributed by atoms with Crippen molar-refractivity contribution in [3.63, 3.8) is 0 Å². The smallest absolute Gasteiger partial charge is 0.202 e. The third-order valence-electron chi connectivity index (χ3n) is 9.61. The maximum Gasteiger partial charge on any atom is 0.460 e. The largest absolute Gasteiger partial charge is 0.460 e. The zero-order valence-electron chi connectivity index (χ0n) is 24.0. The van der Waals surface area contributed by atoms with Gasteiger partial charge in [-0.25, -0.2) is 3.63 Å². The average Bonchev–Trinajstić information content (AvgIpc) is 2.99. The Kier molecular flexibility index (Phi) is 7.87. The van der Waals surface area contributed by atoms with E-state index in [2.05, 4.69) is 0 Å². The average molecular weight is 697 g/mol. The van der Waals surface area contributed by atoms with Crippen LogP contribution in [0.4, 0.5) is 39.5 Å². The van der Waals surface area contributed by atoms with Crippen LogP contribution in [-0.4, -0.2) is 31.7 Å². The summed E-state index contributed by atoms with van der Waals surface area (Å²) in [6.07, 6.45) is -0.876. The summed E-state index contributed by atoms with van der Waals surface area (Å²) in [7, 11) is -11.3. The molecule has 4 bridgehead atoms. The Hall–Kier alpha value is -2.71. The second-order valence-electron chi connectivity index (χ2n) is 12.6. The van der Waals surface area contributed by atoms with E-state index in [1.54, 1.807) is 12.1 Å². The maximum absolute atomic E-state index is 15.1. The molecule has 0 amide bonds. The van der Waals surface area contributed by atoms with E-state index in [1.807, 2.05) is 0 Å². The lowest BCUT2D eigenvalue weighted by molar-refractivity contribution is -0.382. The lowest BCUT2D eigenvalue weighted by atomic mass is 9.48. The van der Waals surface area contributed by atoms with Crippen molar-refractivity contribution in [1.29, 1.82) is 0 Å². The zero-order chi connectivity index (χ0) is 33.4. The first-order chi connectivity index (χ1) is 21.4. The zero-order valence-corrected chi connectivity index (χ0v) is 25.6. The van der Waals surface area contributed by atoms with E-state index >= 15 is 8.78 Å². The third kappa shape index (κ3) is 4.96. The Morgan fingerprint density at radius 2 is 0.957 bits per heavy atom.